The lowest BCUT2D eigenvalue weighted by Crippen LogP contribution is -2.36. The molecule has 0 spiro atoms. The van der Waals surface area contributed by atoms with Crippen LogP contribution < -0.4 is 0 Å². The third kappa shape index (κ3) is 3.06. The lowest BCUT2D eigenvalue weighted by atomic mass is 9.93. The Bertz CT molecular complexity index is 526. The molecule has 116 valence electrons. The van der Waals surface area contributed by atoms with Crippen molar-refractivity contribution in [3.63, 3.8) is 0 Å². The van der Waals surface area contributed by atoms with Crippen LogP contribution in [0.15, 0.2) is 6.20 Å². The van der Waals surface area contributed by atoms with Crippen LogP contribution in [0.25, 0.3) is 0 Å². The summed E-state index contributed by atoms with van der Waals surface area (Å²) >= 11 is 0. The smallest absolute Gasteiger partial charge is 0.410 e. The third-order valence-electron chi connectivity index (χ3n) is 4.26. The maximum atomic E-state index is 12.3. The summed E-state index contributed by atoms with van der Waals surface area (Å²) in [4.78, 5) is 14.1. The highest BCUT2D eigenvalue weighted by atomic mass is 16.6. The highest BCUT2D eigenvalue weighted by molar-refractivity contribution is 5.68. The number of carbonyl (C=O) groups is 1. The second kappa shape index (κ2) is 5.35. The van der Waals surface area contributed by atoms with Crippen LogP contribution in [0.2, 0.25) is 0 Å². The molecule has 1 aliphatic heterocycles. The number of amides is 1. The van der Waals surface area contributed by atoms with Gasteiger partial charge in [-0.2, -0.15) is 5.10 Å². The molecule has 2 heterocycles. The van der Waals surface area contributed by atoms with Gasteiger partial charge in [-0.25, -0.2) is 4.79 Å². The summed E-state index contributed by atoms with van der Waals surface area (Å²) in [6, 6.07) is 0.585. The van der Waals surface area contributed by atoms with Gasteiger partial charge in [0.1, 0.15) is 5.60 Å². The van der Waals surface area contributed by atoms with E-state index in [1.54, 1.807) is 0 Å². The standard InChI is InChI=1S/C16H25N3O2/c1-16(2,3)21-15(20)18-9-5-8-14-12(11-18)10-17-19(14)13-6-4-7-13/h10,13H,4-9,11H2,1-3H3. The Morgan fingerprint density at radius 1 is 1.33 bits per heavy atom. The fourth-order valence-corrected chi connectivity index (χ4v) is 2.98. The van der Waals surface area contributed by atoms with E-state index in [1.807, 2.05) is 31.9 Å². The summed E-state index contributed by atoms with van der Waals surface area (Å²) in [6.07, 6.45) is 7.50. The van der Waals surface area contributed by atoms with Crippen molar-refractivity contribution < 1.29 is 9.53 Å². The Morgan fingerprint density at radius 2 is 2.10 bits per heavy atom. The van der Waals surface area contributed by atoms with Crippen molar-refractivity contribution in [2.45, 2.75) is 71.1 Å². The quantitative estimate of drug-likeness (QED) is 0.797. The molecule has 1 fully saturated rings. The molecule has 21 heavy (non-hydrogen) atoms. The molecule has 5 heteroatoms. The van der Waals surface area contributed by atoms with Gasteiger partial charge in [-0.15, -0.1) is 0 Å². The minimum atomic E-state index is -0.442. The number of rotatable bonds is 1. The number of hydrogen-bond acceptors (Lipinski definition) is 3. The molecule has 0 unspecified atom stereocenters. The van der Waals surface area contributed by atoms with E-state index in [0.717, 1.165) is 19.4 Å². The average molecular weight is 291 g/mol. The zero-order valence-electron chi connectivity index (χ0n) is 13.3. The van der Waals surface area contributed by atoms with Gasteiger partial charge in [-0.3, -0.25) is 4.68 Å². The molecule has 0 atom stereocenters. The van der Waals surface area contributed by atoms with Crippen molar-refractivity contribution in [3.05, 3.63) is 17.5 Å². The van der Waals surface area contributed by atoms with Crippen molar-refractivity contribution >= 4 is 6.09 Å². The van der Waals surface area contributed by atoms with Gasteiger partial charge >= 0.3 is 6.09 Å². The number of ether oxygens (including phenoxy) is 1. The van der Waals surface area contributed by atoms with E-state index < -0.39 is 5.60 Å². The minimum absolute atomic E-state index is 0.216. The van der Waals surface area contributed by atoms with Gasteiger partial charge < -0.3 is 9.64 Å². The van der Waals surface area contributed by atoms with Gasteiger partial charge in [0.05, 0.1) is 18.8 Å². The molecule has 1 amide bonds. The van der Waals surface area contributed by atoms with Crippen molar-refractivity contribution in [2.24, 2.45) is 0 Å². The van der Waals surface area contributed by atoms with Gasteiger partial charge in [0, 0.05) is 17.8 Å². The van der Waals surface area contributed by atoms with E-state index in [0.29, 0.717) is 12.6 Å². The molecule has 0 bridgehead atoms. The van der Waals surface area contributed by atoms with Crippen LogP contribution in [-0.4, -0.2) is 32.9 Å². The number of hydrogen-bond donors (Lipinski definition) is 0. The summed E-state index contributed by atoms with van der Waals surface area (Å²) < 4.78 is 7.70. The first-order valence-corrected chi connectivity index (χ1v) is 7.97. The Labute approximate surface area is 126 Å². The molecule has 5 nitrogen and oxygen atoms in total. The fraction of sp³-hybridized carbons (Fsp3) is 0.750. The topological polar surface area (TPSA) is 47.4 Å². The first-order chi connectivity index (χ1) is 9.94. The molecule has 3 rings (SSSR count). The highest BCUT2D eigenvalue weighted by Gasteiger charge is 2.29. The van der Waals surface area contributed by atoms with Crippen LogP contribution in [0.3, 0.4) is 0 Å². The largest absolute Gasteiger partial charge is 0.444 e. The van der Waals surface area contributed by atoms with E-state index >= 15 is 0 Å². The van der Waals surface area contributed by atoms with Gasteiger partial charge in [0.15, 0.2) is 0 Å². The molecule has 0 N–H and O–H groups in total. The molecule has 0 radical (unpaired) electrons. The molecule has 0 saturated heterocycles. The molecule has 1 aromatic rings. The van der Waals surface area contributed by atoms with E-state index in [-0.39, 0.29) is 6.09 Å². The molecule has 1 saturated carbocycles. The summed E-state index contributed by atoms with van der Waals surface area (Å²) in [7, 11) is 0. The van der Waals surface area contributed by atoms with Crippen molar-refractivity contribution in [3.8, 4) is 0 Å². The van der Waals surface area contributed by atoms with E-state index in [9.17, 15) is 4.79 Å². The fourth-order valence-electron chi connectivity index (χ4n) is 2.98. The van der Waals surface area contributed by atoms with E-state index in [4.69, 9.17) is 4.74 Å². The Kier molecular flexibility index (Phi) is 3.68. The zero-order chi connectivity index (χ0) is 15.0. The SMILES string of the molecule is CC(C)(C)OC(=O)N1CCCc2c(cnn2C2CCC2)C1. The number of carbonyl (C=O) groups excluding carboxylic acids is 1. The monoisotopic (exact) mass is 291 g/mol. The lowest BCUT2D eigenvalue weighted by molar-refractivity contribution is 0.0237. The predicted octanol–water partition coefficient (Wildman–Crippen LogP) is 3.29. The van der Waals surface area contributed by atoms with Crippen LogP contribution in [0.4, 0.5) is 4.79 Å². The Balaban J connectivity index is 1.74. The third-order valence-corrected chi connectivity index (χ3v) is 4.26. The number of nitrogens with zero attached hydrogens (tertiary/aromatic N) is 3. The lowest BCUT2D eigenvalue weighted by Gasteiger charge is -2.27. The maximum absolute atomic E-state index is 12.3. The zero-order valence-corrected chi connectivity index (χ0v) is 13.3. The second-order valence-electron chi connectivity index (χ2n) is 7.15. The molecular weight excluding hydrogens is 266 g/mol. The van der Waals surface area contributed by atoms with Crippen LogP contribution in [0, 0.1) is 0 Å². The normalized spacial score (nSPS) is 19.7. The van der Waals surface area contributed by atoms with E-state index in [1.165, 1.54) is 30.5 Å². The summed E-state index contributed by atoms with van der Waals surface area (Å²) in [5.41, 5.74) is 2.07. The summed E-state index contributed by atoms with van der Waals surface area (Å²) in [6.45, 7) is 7.10. The summed E-state index contributed by atoms with van der Waals surface area (Å²) in [5, 5.41) is 4.57. The predicted molar refractivity (Wildman–Crippen MR) is 80.1 cm³/mol. The van der Waals surface area contributed by atoms with Crippen LogP contribution in [-0.2, 0) is 17.7 Å². The van der Waals surface area contributed by atoms with Crippen LogP contribution in [0.1, 0.15) is 63.8 Å². The minimum Gasteiger partial charge on any atom is -0.444 e. The first-order valence-electron chi connectivity index (χ1n) is 7.97. The molecule has 1 aliphatic carbocycles. The first kappa shape index (κ1) is 14.4. The Hall–Kier alpha value is -1.52. The molecular formula is C16H25N3O2. The van der Waals surface area contributed by atoms with Crippen molar-refractivity contribution in [1.29, 1.82) is 0 Å². The second-order valence-corrected chi connectivity index (χ2v) is 7.15. The number of fused-ring (bicyclic) bond motifs is 1. The van der Waals surface area contributed by atoms with E-state index in [2.05, 4.69) is 9.78 Å². The van der Waals surface area contributed by atoms with Gasteiger partial charge in [-0.05, 0) is 52.9 Å². The van der Waals surface area contributed by atoms with Crippen LogP contribution >= 0.6 is 0 Å². The number of aromatic nitrogens is 2. The molecule has 0 aromatic carbocycles. The van der Waals surface area contributed by atoms with Crippen LogP contribution in [0.5, 0.6) is 0 Å². The van der Waals surface area contributed by atoms with Gasteiger partial charge in [0.25, 0.3) is 0 Å². The van der Waals surface area contributed by atoms with Crippen molar-refractivity contribution in [1.82, 2.24) is 14.7 Å². The van der Waals surface area contributed by atoms with Gasteiger partial charge in [0.2, 0.25) is 0 Å². The average Bonchev–Trinajstić information content (AvgIpc) is 2.56. The summed E-state index contributed by atoms with van der Waals surface area (Å²) in [5.74, 6) is 0. The molecule has 1 aromatic heterocycles. The Morgan fingerprint density at radius 3 is 2.71 bits per heavy atom. The van der Waals surface area contributed by atoms with Gasteiger partial charge in [-0.1, -0.05) is 0 Å². The van der Waals surface area contributed by atoms with Crippen molar-refractivity contribution in [2.75, 3.05) is 6.54 Å². The maximum Gasteiger partial charge on any atom is 0.410 e. The highest BCUT2D eigenvalue weighted by Crippen LogP contribution is 2.34. The molecule has 2 aliphatic rings.